The minimum Gasteiger partial charge on any atom is -0.481 e. The fourth-order valence-electron chi connectivity index (χ4n) is 6.53. The number of rotatable bonds is 10. The first-order chi connectivity index (χ1) is 21.0. The van der Waals surface area contributed by atoms with Gasteiger partial charge in [0.25, 0.3) is 5.95 Å². The highest BCUT2D eigenvalue weighted by Crippen LogP contribution is 2.40. The zero-order valence-electron chi connectivity index (χ0n) is 25.0. The number of hydrogen-bond donors (Lipinski definition) is 1. The second-order valence-corrected chi connectivity index (χ2v) is 11.8. The van der Waals surface area contributed by atoms with Crippen LogP contribution in [0.5, 0.6) is 0 Å². The number of halogens is 3. The number of aryl methyl sites for hydroxylation is 2. The molecule has 1 aliphatic carbocycles. The van der Waals surface area contributed by atoms with Gasteiger partial charge in [-0.3, -0.25) is 4.79 Å². The SMILES string of the molecule is C=C/C=C\c1nc(N2CCC[C@@H]2C2CCC(C(=O)O)CC2)c(CN(Cc2cccc(C(F)(F)F)c2)c2nnn(C)n2)cc1C. The van der Waals surface area contributed by atoms with Crippen LogP contribution in [0, 0.1) is 18.8 Å². The first-order valence-electron chi connectivity index (χ1n) is 15.0. The van der Waals surface area contributed by atoms with Crippen LogP contribution >= 0.6 is 0 Å². The number of tetrazole rings is 1. The summed E-state index contributed by atoms with van der Waals surface area (Å²) in [4.78, 5) is 22.2. The van der Waals surface area contributed by atoms with Crippen molar-refractivity contribution in [2.75, 3.05) is 16.3 Å². The standard InChI is InChI=1S/C32H38F3N7O2/c1-4-5-10-27-21(2)17-25(29(36-27)42-16-7-11-28(42)23-12-14-24(15-13-23)30(43)44)20-41(31-37-39-40(3)38-31)19-22-8-6-9-26(18-22)32(33,34)35/h4-6,8-10,17-18,23-24,28H,1,7,11-16,19-20H2,2-3H3,(H,43,44)/b10-5-/t23?,24?,28-/m1/s1. The van der Waals surface area contributed by atoms with Gasteiger partial charge in [-0.05, 0) is 92.0 Å². The number of carbonyl (C=O) groups is 1. The number of aliphatic carboxylic acids is 1. The Balaban J connectivity index is 1.51. The van der Waals surface area contributed by atoms with Gasteiger partial charge in [-0.2, -0.15) is 18.0 Å². The van der Waals surface area contributed by atoms with Crippen LogP contribution in [0.4, 0.5) is 24.9 Å². The highest BCUT2D eigenvalue weighted by molar-refractivity contribution is 5.70. The zero-order chi connectivity index (χ0) is 31.4. The normalized spacial score (nSPS) is 20.8. The van der Waals surface area contributed by atoms with E-state index in [-0.39, 0.29) is 18.5 Å². The lowest BCUT2D eigenvalue weighted by Gasteiger charge is -2.37. The molecule has 3 heterocycles. The van der Waals surface area contributed by atoms with Crippen molar-refractivity contribution >= 4 is 23.8 Å². The van der Waals surface area contributed by atoms with Crippen LogP contribution < -0.4 is 9.80 Å². The predicted molar refractivity (Wildman–Crippen MR) is 162 cm³/mol. The molecule has 5 rings (SSSR count). The van der Waals surface area contributed by atoms with E-state index in [4.69, 9.17) is 4.98 Å². The number of nitrogens with zero attached hydrogens (tertiary/aromatic N) is 7. The Morgan fingerprint density at radius 3 is 2.59 bits per heavy atom. The van der Waals surface area contributed by atoms with E-state index in [1.165, 1.54) is 10.9 Å². The van der Waals surface area contributed by atoms with Gasteiger partial charge in [-0.1, -0.05) is 36.0 Å². The number of anilines is 2. The summed E-state index contributed by atoms with van der Waals surface area (Å²) in [5, 5.41) is 22.1. The Kier molecular flexibility index (Phi) is 9.36. The molecule has 1 saturated heterocycles. The molecule has 0 spiro atoms. The molecule has 2 fully saturated rings. The number of pyridine rings is 1. The van der Waals surface area contributed by atoms with Crippen LogP contribution in [0.25, 0.3) is 6.08 Å². The molecular weight excluding hydrogens is 571 g/mol. The molecule has 1 aromatic carbocycles. The quantitative estimate of drug-likeness (QED) is 0.272. The average molecular weight is 610 g/mol. The van der Waals surface area contributed by atoms with Crippen molar-refractivity contribution in [3.05, 3.63) is 77.0 Å². The van der Waals surface area contributed by atoms with E-state index in [0.29, 0.717) is 36.8 Å². The number of allylic oxidation sites excluding steroid dienone is 2. The Morgan fingerprint density at radius 1 is 1.16 bits per heavy atom. The Hall–Kier alpha value is -4.22. The van der Waals surface area contributed by atoms with E-state index in [1.54, 1.807) is 19.2 Å². The van der Waals surface area contributed by atoms with E-state index >= 15 is 0 Å². The third kappa shape index (κ3) is 7.11. The number of alkyl halides is 3. The van der Waals surface area contributed by atoms with Crippen molar-refractivity contribution in [1.82, 2.24) is 25.2 Å². The number of benzene rings is 1. The summed E-state index contributed by atoms with van der Waals surface area (Å²) < 4.78 is 40.6. The highest BCUT2D eigenvalue weighted by Gasteiger charge is 2.37. The number of aromatic nitrogens is 5. The van der Waals surface area contributed by atoms with Gasteiger partial charge in [-0.15, -0.1) is 5.10 Å². The maximum atomic E-state index is 13.5. The minimum atomic E-state index is -4.46. The number of hydrogen-bond acceptors (Lipinski definition) is 7. The summed E-state index contributed by atoms with van der Waals surface area (Å²) in [6, 6.07) is 7.59. The van der Waals surface area contributed by atoms with E-state index in [9.17, 15) is 23.1 Å². The van der Waals surface area contributed by atoms with Crippen molar-refractivity contribution in [2.24, 2.45) is 18.9 Å². The maximum Gasteiger partial charge on any atom is 0.416 e. The lowest BCUT2D eigenvalue weighted by molar-refractivity contribution is -0.143. The summed E-state index contributed by atoms with van der Waals surface area (Å²) in [5.41, 5.74) is 2.43. The predicted octanol–water partition coefficient (Wildman–Crippen LogP) is 6.20. The van der Waals surface area contributed by atoms with Gasteiger partial charge in [0, 0.05) is 31.2 Å². The summed E-state index contributed by atoms with van der Waals surface area (Å²) in [7, 11) is 1.64. The van der Waals surface area contributed by atoms with Crippen molar-refractivity contribution in [3.63, 3.8) is 0 Å². The van der Waals surface area contributed by atoms with Crippen LogP contribution in [-0.4, -0.2) is 48.9 Å². The van der Waals surface area contributed by atoms with Crippen LogP contribution in [0.15, 0.2) is 49.1 Å². The van der Waals surface area contributed by atoms with Gasteiger partial charge in [0.15, 0.2) is 0 Å². The molecule has 2 aliphatic rings. The van der Waals surface area contributed by atoms with Crippen LogP contribution in [-0.2, 0) is 31.1 Å². The molecule has 9 nitrogen and oxygen atoms in total. The Labute approximate surface area is 255 Å². The lowest BCUT2D eigenvalue weighted by Crippen LogP contribution is -2.39. The first kappa shape index (κ1) is 31.2. The molecule has 0 amide bonds. The van der Waals surface area contributed by atoms with Crippen LogP contribution in [0.3, 0.4) is 0 Å². The second-order valence-electron chi connectivity index (χ2n) is 11.8. The molecule has 1 atom stereocenters. The smallest absolute Gasteiger partial charge is 0.416 e. The average Bonchev–Trinajstić information content (AvgIpc) is 3.66. The maximum absolute atomic E-state index is 13.5. The molecular formula is C32H38F3N7O2. The molecule has 1 aliphatic heterocycles. The highest BCUT2D eigenvalue weighted by atomic mass is 19.4. The topological polar surface area (TPSA) is 100 Å². The van der Waals surface area contributed by atoms with Crippen molar-refractivity contribution in [2.45, 2.75) is 70.8 Å². The third-order valence-electron chi connectivity index (χ3n) is 8.70. The lowest BCUT2D eigenvalue weighted by atomic mass is 9.78. The molecule has 234 valence electrons. The third-order valence-corrected chi connectivity index (χ3v) is 8.70. The molecule has 12 heteroatoms. The van der Waals surface area contributed by atoms with E-state index in [1.807, 2.05) is 24.0 Å². The summed E-state index contributed by atoms with van der Waals surface area (Å²) >= 11 is 0. The van der Waals surface area contributed by atoms with Crippen molar-refractivity contribution < 1.29 is 23.1 Å². The van der Waals surface area contributed by atoms with Crippen molar-refractivity contribution in [3.8, 4) is 0 Å². The fraction of sp³-hybridized carbons (Fsp3) is 0.469. The number of carboxylic acid groups (broad SMARTS) is 1. The fourth-order valence-corrected chi connectivity index (χ4v) is 6.53. The Bertz CT molecular complexity index is 1510. The molecule has 1 N–H and O–H groups in total. The van der Waals surface area contributed by atoms with E-state index in [0.717, 1.165) is 67.0 Å². The molecule has 0 bridgehead atoms. The van der Waals surface area contributed by atoms with Crippen LogP contribution in [0.2, 0.25) is 0 Å². The molecule has 0 unspecified atom stereocenters. The molecule has 3 aromatic rings. The number of carboxylic acids is 1. The minimum absolute atomic E-state index is 0.134. The van der Waals surface area contributed by atoms with Gasteiger partial charge < -0.3 is 14.9 Å². The first-order valence-corrected chi connectivity index (χ1v) is 15.0. The van der Waals surface area contributed by atoms with Gasteiger partial charge in [0.1, 0.15) is 5.82 Å². The Morgan fingerprint density at radius 2 is 1.93 bits per heavy atom. The largest absolute Gasteiger partial charge is 0.481 e. The molecule has 0 radical (unpaired) electrons. The van der Waals surface area contributed by atoms with E-state index in [2.05, 4.69) is 33.0 Å². The summed E-state index contributed by atoms with van der Waals surface area (Å²) in [6.45, 7) is 7.01. The summed E-state index contributed by atoms with van der Waals surface area (Å²) in [6.07, 6.45) is 6.06. The summed E-state index contributed by atoms with van der Waals surface area (Å²) in [5.74, 6) is 0.480. The van der Waals surface area contributed by atoms with Gasteiger partial charge in [0.05, 0.1) is 24.2 Å². The van der Waals surface area contributed by atoms with Gasteiger partial charge >= 0.3 is 12.1 Å². The molecule has 2 aromatic heterocycles. The molecule has 44 heavy (non-hydrogen) atoms. The van der Waals surface area contributed by atoms with Crippen LogP contribution in [0.1, 0.15) is 66.5 Å². The molecule has 1 saturated carbocycles. The van der Waals surface area contributed by atoms with Crippen molar-refractivity contribution in [1.29, 1.82) is 0 Å². The monoisotopic (exact) mass is 609 g/mol. The van der Waals surface area contributed by atoms with Gasteiger partial charge in [-0.25, -0.2) is 4.98 Å². The second kappa shape index (κ2) is 13.2. The van der Waals surface area contributed by atoms with E-state index < -0.39 is 17.7 Å². The van der Waals surface area contributed by atoms with Gasteiger partial charge in [0.2, 0.25) is 0 Å². The zero-order valence-corrected chi connectivity index (χ0v) is 25.0.